The first kappa shape index (κ1) is 14.9. The van der Waals surface area contributed by atoms with Gasteiger partial charge in [0.25, 0.3) is 0 Å². The summed E-state index contributed by atoms with van der Waals surface area (Å²) < 4.78 is 12.9. The van der Waals surface area contributed by atoms with Crippen LogP contribution >= 0.6 is 11.3 Å². The number of nitrogens with one attached hydrogen (secondary N) is 1. The van der Waals surface area contributed by atoms with E-state index < -0.39 is 10.8 Å². The van der Waals surface area contributed by atoms with E-state index in [2.05, 4.69) is 15.5 Å². The maximum atomic E-state index is 12.3. The molecule has 0 fully saturated rings. The molecule has 2 aromatic carbocycles. The zero-order chi connectivity index (χ0) is 15.4. The van der Waals surface area contributed by atoms with Crippen LogP contribution in [0.4, 0.5) is 10.8 Å². The van der Waals surface area contributed by atoms with E-state index in [1.54, 1.807) is 0 Å². The average Bonchev–Trinajstić information content (AvgIpc) is 2.99. The number of anilines is 2. The van der Waals surface area contributed by atoms with Gasteiger partial charge in [0.2, 0.25) is 9.47 Å². The third-order valence-electron chi connectivity index (χ3n) is 3.04. The van der Waals surface area contributed by atoms with Crippen LogP contribution in [0, 0.1) is 6.92 Å². The van der Waals surface area contributed by atoms with Gasteiger partial charge in [0.1, 0.15) is 0 Å². The van der Waals surface area contributed by atoms with E-state index in [0.717, 1.165) is 11.3 Å². The summed E-state index contributed by atoms with van der Waals surface area (Å²) in [4.78, 5) is 0. The molecule has 3 rings (SSSR count). The molecule has 0 amide bonds. The average molecular weight is 329 g/mol. The van der Waals surface area contributed by atoms with Crippen LogP contribution in [0.1, 0.15) is 11.1 Å². The van der Waals surface area contributed by atoms with Gasteiger partial charge in [-0.05, 0) is 24.6 Å². The SMILES string of the molecule is Cc1ccc(Nc2nnc(S(=O)Cc3ccccc3)s2)cc1. The fraction of sp³-hybridized carbons (Fsp3) is 0.125. The second-order valence-corrected chi connectivity index (χ2v) is 7.44. The topological polar surface area (TPSA) is 54.9 Å². The molecule has 0 saturated heterocycles. The first-order valence-electron chi connectivity index (χ1n) is 6.80. The van der Waals surface area contributed by atoms with Crippen molar-refractivity contribution in [1.82, 2.24) is 10.2 Å². The fourth-order valence-corrected chi connectivity index (χ4v) is 3.93. The van der Waals surface area contributed by atoms with Gasteiger partial charge in [-0.15, -0.1) is 10.2 Å². The molecule has 0 bridgehead atoms. The zero-order valence-corrected chi connectivity index (χ0v) is 13.7. The summed E-state index contributed by atoms with van der Waals surface area (Å²) in [6, 6.07) is 17.8. The van der Waals surface area contributed by atoms with E-state index in [0.29, 0.717) is 15.2 Å². The Kier molecular flexibility index (Phi) is 4.60. The molecular formula is C16H15N3OS2. The van der Waals surface area contributed by atoms with Crippen molar-refractivity contribution in [3.8, 4) is 0 Å². The van der Waals surface area contributed by atoms with Crippen molar-refractivity contribution in [3.63, 3.8) is 0 Å². The fourth-order valence-electron chi connectivity index (χ4n) is 1.90. The summed E-state index contributed by atoms with van der Waals surface area (Å²) in [7, 11) is -1.17. The van der Waals surface area contributed by atoms with E-state index in [9.17, 15) is 4.21 Å². The van der Waals surface area contributed by atoms with Crippen LogP contribution in [0.3, 0.4) is 0 Å². The molecule has 0 saturated carbocycles. The minimum Gasteiger partial charge on any atom is -0.330 e. The Hall–Kier alpha value is -2.05. The summed E-state index contributed by atoms with van der Waals surface area (Å²) in [5.41, 5.74) is 3.18. The Labute approximate surface area is 135 Å². The molecule has 4 nitrogen and oxygen atoms in total. The summed E-state index contributed by atoms with van der Waals surface area (Å²) in [5, 5.41) is 11.9. The Bertz CT molecular complexity index is 770. The predicted molar refractivity (Wildman–Crippen MR) is 90.9 cm³/mol. The minimum atomic E-state index is -1.17. The second kappa shape index (κ2) is 6.81. The maximum Gasteiger partial charge on any atom is 0.210 e. The van der Waals surface area contributed by atoms with Gasteiger partial charge < -0.3 is 5.32 Å². The largest absolute Gasteiger partial charge is 0.330 e. The molecule has 0 aliphatic rings. The van der Waals surface area contributed by atoms with Crippen molar-refractivity contribution in [2.24, 2.45) is 0 Å². The quantitative estimate of drug-likeness (QED) is 0.771. The Morgan fingerprint density at radius 3 is 2.50 bits per heavy atom. The van der Waals surface area contributed by atoms with Gasteiger partial charge in [-0.2, -0.15) is 0 Å². The van der Waals surface area contributed by atoms with Crippen molar-refractivity contribution in [2.45, 2.75) is 17.0 Å². The minimum absolute atomic E-state index is 0.458. The predicted octanol–water partition coefficient (Wildman–Crippen LogP) is 3.90. The van der Waals surface area contributed by atoms with Crippen LogP contribution in [0.5, 0.6) is 0 Å². The molecule has 0 aliphatic carbocycles. The van der Waals surface area contributed by atoms with Crippen molar-refractivity contribution < 1.29 is 4.21 Å². The highest BCUT2D eigenvalue weighted by molar-refractivity contribution is 7.86. The molecule has 112 valence electrons. The normalized spacial score (nSPS) is 12.0. The number of nitrogens with zero attached hydrogens (tertiary/aromatic N) is 2. The van der Waals surface area contributed by atoms with Crippen molar-refractivity contribution in [3.05, 3.63) is 65.7 Å². The molecule has 1 atom stereocenters. The number of benzene rings is 2. The van der Waals surface area contributed by atoms with Gasteiger partial charge in [-0.3, -0.25) is 4.21 Å². The standard InChI is InChI=1S/C16H15N3OS2/c1-12-7-9-14(10-8-12)17-15-18-19-16(21-15)22(20)11-13-5-3-2-4-6-13/h2-10H,11H2,1H3,(H,17,18). The van der Waals surface area contributed by atoms with Gasteiger partial charge in [0.15, 0.2) is 0 Å². The third-order valence-corrected chi connectivity index (χ3v) is 5.55. The number of aryl methyl sites for hydroxylation is 1. The molecule has 6 heteroatoms. The molecule has 0 aliphatic heterocycles. The molecular weight excluding hydrogens is 314 g/mol. The molecule has 22 heavy (non-hydrogen) atoms. The highest BCUT2D eigenvalue weighted by Gasteiger charge is 2.12. The van der Waals surface area contributed by atoms with Crippen LogP contribution in [-0.4, -0.2) is 14.4 Å². The van der Waals surface area contributed by atoms with Gasteiger partial charge in [-0.1, -0.05) is 59.4 Å². The molecule has 3 aromatic rings. The van der Waals surface area contributed by atoms with Crippen LogP contribution in [0.15, 0.2) is 58.9 Å². The Morgan fingerprint density at radius 1 is 1.05 bits per heavy atom. The zero-order valence-electron chi connectivity index (χ0n) is 12.0. The third kappa shape index (κ3) is 3.78. The van der Waals surface area contributed by atoms with E-state index >= 15 is 0 Å². The summed E-state index contributed by atoms with van der Waals surface area (Å²) in [6.45, 7) is 2.04. The highest BCUT2D eigenvalue weighted by atomic mass is 32.2. The second-order valence-electron chi connectivity index (χ2n) is 4.84. The van der Waals surface area contributed by atoms with Crippen LogP contribution in [0.2, 0.25) is 0 Å². The smallest absolute Gasteiger partial charge is 0.210 e. The van der Waals surface area contributed by atoms with Crippen molar-refractivity contribution in [1.29, 1.82) is 0 Å². The van der Waals surface area contributed by atoms with E-state index in [-0.39, 0.29) is 0 Å². The van der Waals surface area contributed by atoms with Gasteiger partial charge in [-0.25, -0.2) is 0 Å². The molecule has 1 unspecified atom stereocenters. The Balaban J connectivity index is 1.68. The summed E-state index contributed by atoms with van der Waals surface area (Å²) >= 11 is 1.33. The van der Waals surface area contributed by atoms with E-state index in [1.165, 1.54) is 16.9 Å². The number of aromatic nitrogens is 2. The molecule has 1 aromatic heterocycles. The number of hydrogen-bond donors (Lipinski definition) is 1. The first-order chi connectivity index (χ1) is 10.7. The van der Waals surface area contributed by atoms with Crippen molar-refractivity contribution >= 4 is 33.0 Å². The van der Waals surface area contributed by atoms with Crippen molar-refractivity contribution in [2.75, 3.05) is 5.32 Å². The van der Waals surface area contributed by atoms with Gasteiger partial charge >= 0.3 is 0 Å². The van der Waals surface area contributed by atoms with Gasteiger partial charge in [0.05, 0.1) is 16.6 Å². The lowest BCUT2D eigenvalue weighted by atomic mass is 10.2. The lowest BCUT2D eigenvalue weighted by molar-refractivity contribution is 0.681. The Morgan fingerprint density at radius 2 is 1.77 bits per heavy atom. The van der Waals surface area contributed by atoms with E-state index in [4.69, 9.17) is 0 Å². The molecule has 0 spiro atoms. The summed E-state index contributed by atoms with van der Waals surface area (Å²) in [5.74, 6) is 0.458. The van der Waals surface area contributed by atoms with Gasteiger partial charge in [0, 0.05) is 5.69 Å². The first-order valence-corrected chi connectivity index (χ1v) is 8.94. The number of hydrogen-bond acceptors (Lipinski definition) is 5. The maximum absolute atomic E-state index is 12.3. The highest BCUT2D eigenvalue weighted by Crippen LogP contribution is 2.24. The van der Waals surface area contributed by atoms with Crippen LogP contribution in [-0.2, 0) is 16.6 Å². The van der Waals surface area contributed by atoms with Crippen LogP contribution < -0.4 is 5.32 Å². The lowest BCUT2D eigenvalue weighted by Crippen LogP contribution is -1.95. The molecule has 0 radical (unpaired) electrons. The lowest BCUT2D eigenvalue weighted by Gasteiger charge is -2.01. The summed E-state index contributed by atoms with van der Waals surface area (Å²) in [6.07, 6.45) is 0. The monoisotopic (exact) mass is 329 g/mol. The van der Waals surface area contributed by atoms with Crippen LogP contribution in [0.25, 0.3) is 0 Å². The van der Waals surface area contributed by atoms with E-state index in [1.807, 2.05) is 61.5 Å². The molecule has 1 heterocycles. The molecule has 1 N–H and O–H groups in total. The number of rotatable bonds is 5.